The van der Waals surface area contributed by atoms with Crippen molar-refractivity contribution >= 4 is 0 Å². The van der Waals surface area contributed by atoms with Gasteiger partial charge in [0.1, 0.15) is 11.6 Å². The number of rotatable bonds is 12. The van der Waals surface area contributed by atoms with Gasteiger partial charge in [0, 0.05) is 50.0 Å². The van der Waals surface area contributed by atoms with Gasteiger partial charge in [-0.15, -0.1) is 0 Å². The predicted molar refractivity (Wildman–Crippen MR) is 103 cm³/mol. The van der Waals surface area contributed by atoms with Crippen molar-refractivity contribution in [3.63, 3.8) is 0 Å². The molecule has 3 rings (SSSR count). The summed E-state index contributed by atoms with van der Waals surface area (Å²) in [6.07, 6.45) is 11.2. The van der Waals surface area contributed by atoms with Crippen molar-refractivity contribution in [2.45, 2.75) is 32.5 Å². The highest BCUT2D eigenvalue weighted by Crippen LogP contribution is 2.21. The molecule has 0 saturated carbocycles. The van der Waals surface area contributed by atoms with E-state index in [1.165, 1.54) is 0 Å². The number of nitrogens with one attached hydrogen (secondary N) is 1. The van der Waals surface area contributed by atoms with E-state index in [4.69, 9.17) is 4.74 Å². The molecular formula is C20H27N5O2. The Morgan fingerprint density at radius 2 is 2.07 bits per heavy atom. The van der Waals surface area contributed by atoms with Gasteiger partial charge in [-0.2, -0.15) is 0 Å². The molecule has 0 unspecified atom stereocenters. The van der Waals surface area contributed by atoms with E-state index < -0.39 is 0 Å². The smallest absolute Gasteiger partial charge is 0.123 e. The Morgan fingerprint density at radius 1 is 1.15 bits per heavy atom. The molecule has 2 heterocycles. The highest BCUT2D eigenvalue weighted by Gasteiger charge is 2.11. The zero-order chi connectivity index (χ0) is 18.7. The monoisotopic (exact) mass is 369 g/mol. The first-order valence-electron chi connectivity index (χ1n) is 9.33. The highest BCUT2D eigenvalue weighted by atomic mass is 16.5. The van der Waals surface area contributed by atoms with Crippen LogP contribution in [-0.4, -0.2) is 49.3 Å². The van der Waals surface area contributed by atoms with Crippen molar-refractivity contribution in [2.75, 3.05) is 19.8 Å². The normalized spacial score (nSPS) is 11.2. The second-order valence-corrected chi connectivity index (χ2v) is 6.43. The summed E-state index contributed by atoms with van der Waals surface area (Å²) in [5, 5.41) is 9.38. The molecule has 1 aromatic carbocycles. The Balaban J connectivity index is 1.50. The van der Waals surface area contributed by atoms with Gasteiger partial charge in [0.05, 0.1) is 26.1 Å². The van der Waals surface area contributed by atoms with Gasteiger partial charge in [0.2, 0.25) is 0 Å². The van der Waals surface area contributed by atoms with Gasteiger partial charge in [0.15, 0.2) is 0 Å². The molecular weight excluding hydrogens is 342 g/mol. The average Bonchev–Trinajstić information content (AvgIpc) is 3.37. The molecule has 0 aliphatic heterocycles. The average molecular weight is 369 g/mol. The Morgan fingerprint density at radius 3 is 2.85 bits per heavy atom. The van der Waals surface area contributed by atoms with Crippen LogP contribution in [0.15, 0.2) is 55.4 Å². The molecule has 0 saturated heterocycles. The van der Waals surface area contributed by atoms with E-state index in [2.05, 4.69) is 30.5 Å². The number of unbranched alkanes of at least 4 members (excludes halogenated alkanes) is 1. The fourth-order valence-electron chi connectivity index (χ4n) is 2.97. The van der Waals surface area contributed by atoms with Crippen LogP contribution in [0.25, 0.3) is 0 Å². The summed E-state index contributed by atoms with van der Waals surface area (Å²) in [7, 11) is 0. The lowest BCUT2D eigenvalue weighted by Crippen LogP contribution is -2.26. The van der Waals surface area contributed by atoms with Gasteiger partial charge in [-0.3, -0.25) is 4.90 Å². The summed E-state index contributed by atoms with van der Waals surface area (Å²) in [5.74, 6) is 1.80. The Hall–Kier alpha value is -2.64. The van der Waals surface area contributed by atoms with Crippen molar-refractivity contribution in [1.29, 1.82) is 0 Å². The van der Waals surface area contributed by atoms with Crippen molar-refractivity contribution in [3.8, 4) is 5.75 Å². The standard InChI is InChI=1S/C20H27N5O2/c26-13-12-25(16-20-22-7-8-23-20)15-18-5-1-2-6-19(18)27-14-4-3-10-24-11-9-21-17-24/h1-2,5-9,11,17,26H,3-4,10,12-16H2,(H,22,23). The number of imidazole rings is 2. The van der Waals surface area contributed by atoms with Crippen molar-refractivity contribution < 1.29 is 9.84 Å². The van der Waals surface area contributed by atoms with Crippen LogP contribution >= 0.6 is 0 Å². The van der Waals surface area contributed by atoms with E-state index in [0.717, 1.165) is 36.5 Å². The fourth-order valence-corrected chi connectivity index (χ4v) is 2.97. The number of aryl methyl sites for hydroxylation is 1. The third-order valence-corrected chi connectivity index (χ3v) is 4.34. The SMILES string of the molecule is OCCN(Cc1ncc[nH]1)Cc1ccccc1OCCCCn1ccnc1. The first kappa shape index (κ1) is 19.1. The number of aliphatic hydroxyl groups excluding tert-OH is 1. The number of H-pyrrole nitrogens is 1. The van der Waals surface area contributed by atoms with Crippen LogP contribution in [0.5, 0.6) is 5.75 Å². The maximum absolute atomic E-state index is 9.38. The highest BCUT2D eigenvalue weighted by molar-refractivity contribution is 5.33. The van der Waals surface area contributed by atoms with Crippen molar-refractivity contribution in [3.05, 3.63) is 66.8 Å². The molecule has 0 fully saturated rings. The van der Waals surface area contributed by atoms with Gasteiger partial charge in [-0.1, -0.05) is 18.2 Å². The minimum atomic E-state index is 0.109. The largest absolute Gasteiger partial charge is 0.493 e. The number of hydrogen-bond donors (Lipinski definition) is 2. The lowest BCUT2D eigenvalue weighted by Gasteiger charge is -2.22. The number of aromatic nitrogens is 4. The third kappa shape index (κ3) is 6.23. The molecule has 0 radical (unpaired) electrons. The van der Waals surface area contributed by atoms with E-state index in [1.54, 1.807) is 12.4 Å². The number of aromatic amines is 1. The second kappa shape index (κ2) is 10.5. The van der Waals surface area contributed by atoms with Gasteiger partial charge in [-0.25, -0.2) is 9.97 Å². The van der Waals surface area contributed by atoms with Gasteiger partial charge < -0.3 is 19.4 Å². The van der Waals surface area contributed by atoms with E-state index in [9.17, 15) is 5.11 Å². The summed E-state index contributed by atoms with van der Waals surface area (Å²) >= 11 is 0. The third-order valence-electron chi connectivity index (χ3n) is 4.34. The summed E-state index contributed by atoms with van der Waals surface area (Å²) in [6.45, 7) is 3.69. The lowest BCUT2D eigenvalue weighted by molar-refractivity contribution is 0.179. The van der Waals surface area contributed by atoms with Crippen LogP contribution in [-0.2, 0) is 19.6 Å². The number of hydrogen-bond acceptors (Lipinski definition) is 5. The Bertz CT molecular complexity index is 759. The molecule has 0 aliphatic rings. The van der Waals surface area contributed by atoms with E-state index in [0.29, 0.717) is 26.2 Å². The quantitative estimate of drug-likeness (QED) is 0.480. The maximum atomic E-state index is 9.38. The zero-order valence-corrected chi connectivity index (χ0v) is 15.5. The molecule has 0 spiro atoms. The molecule has 0 aliphatic carbocycles. The zero-order valence-electron chi connectivity index (χ0n) is 15.5. The summed E-state index contributed by atoms with van der Waals surface area (Å²) in [5.41, 5.74) is 1.12. The van der Waals surface area contributed by atoms with E-state index in [1.807, 2.05) is 36.9 Å². The molecule has 3 aromatic rings. The number of para-hydroxylation sites is 1. The maximum Gasteiger partial charge on any atom is 0.123 e. The lowest BCUT2D eigenvalue weighted by atomic mass is 10.2. The second-order valence-electron chi connectivity index (χ2n) is 6.43. The molecule has 2 aromatic heterocycles. The van der Waals surface area contributed by atoms with E-state index in [-0.39, 0.29) is 6.61 Å². The van der Waals surface area contributed by atoms with Crippen molar-refractivity contribution in [2.24, 2.45) is 0 Å². The van der Waals surface area contributed by atoms with E-state index >= 15 is 0 Å². The minimum Gasteiger partial charge on any atom is -0.493 e. The van der Waals surface area contributed by atoms with Crippen molar-refractivity contribution in [1.82, 2.24) is 24.4 Å². The summed E-state index contributed by atoms with van der Waals surface area (Å²) in [4.78, 5) is 13.6. The van der Waals surface area contributed by atoms with Gasteiger partial charge in [-0.05, 0) is 18.9 Å². The van der Waals surface area contributed by atoms with Crippen LogP contribution in [0.4, 0.5) is 0 Å². The topological polar surface area (TPSA) is 79.2 Å². The number of ether oxygens (including phenoxy) is 1. The van der Waals surface area contributed by atoms with Crippen LogP contribution in [0.1, 0.15) is 24.2 Å². The Kier molecular flexibility index (Phi) is 7.44. The summed E-state index contributed by atoms with van der Waals surface area (Å²) in [6, 6.07) is 8.10. The first-order chi connectivity index (χ1) is 13.3. The molecule has 7 heteroatoms. The number of aliphatic hydroxyl groups is 1. The molecule has 144 valence electrons. The molecule has 27 heavy (non-hydrogen) atoms. The minimum absolute atomic E-state index is 0.109. The summed E-state index contributed by atoms with van der Waals surface area (Å²) < 4.78 is 8.11. The fraction of sp³-hybridized carbons (Fsp3) is 0.400. The predicted octanol–water partition coefficient (Wildman–Crippen LogP) is 2.46. The first-order valence-corrected chi connectivity index (χ1v) is 9.33. The number of nitrogens with zero attached hydrogens (tertiary/aromatic N) is 4. The molecule has 0 atom stereocenters. The Labute approximate surface area is 159 Å². The van der Waals surface area contributed by atoms with Crippen LogP contribution in [0.3, 0.4) is 0 Å². The number of benzene rings is 1. The van der Waals surface area contributed by atoms with Crippen LogP contribution in [0.2, 0.25) is 0 Å². The van der Waals surface area contributed by atoms with Crippen LogP contribution < -0.4 is 4.74 Å². The molecule has 0 bridgehead atoms. The molecule has 2 N–H and O–H groups in total. The van der Waals surface area contributed by atoms with Crippen LogP contribution in [0, 0.1) is 0 Å². The molecule has 7 nitrogen and oxygen atoms in total. The molecule has 0 amide bonds. The van der Waals surface area contributed by atoms with Gasteiger partial charge >= 0.3 is 0 Å². The van der Waals surface area contributed by atoms with Gasteiger partial charge in [0.25, 0.3) is 0 Å².